The average Bonchev–Trinajstić information content (AvgIpc) is 2.43. The number of aliphatic carboxylic acids is 1. The van der Waals surface area contributed by atoms with Gasteiger partial charge < -0.3 is 14.9 Å². The lowest BCUT2D eigenvalue weighted by atomic mass is 9.97. The first-order valence-electron chi connectivity index (χ1n) is 4.78. The summed E-state index contributed by atoms with van der Waals surface area (Å²) < 4.78 is 29.6. The highest BCUT2D eigenvalue weighted by molar-refractivity contribution is 7.90. The summed E-state index contributed by atoms with van der Waals surface area (Å²) in [5.74, 6) is -2.44. The molecule has 1 saturated heterocycles. The molecule has 7 nitrogen and oxygen atoms in total. The van der Waals surface area contributed by atoms with Crippen molar-refractivity contribution in [1.82, 2.24) is 4.72 Å². The summed E-state index contributed by atoms with van der Waals surface area (Å²) in [4.78, 5) is 10.2. The molecule has 1 heterocycles. The highest BCUT2D eigenvalue weighted by Crippen LogP contribution is 2.24. The lowest BCUT2D eigenvalue weighted by molar-refractivity contribution is -0.134. The van der Waals surface area contributed by atoms with Crippen molar-refractivity contribution in [3.63, 3.8) is 0 Å². The highest BCUT2D eigenvalue weighted by atomic mass is 32.2. The smallest absolute Gasteiger partial charge is 0.320 e. The highest BCUT2D eigenvalue weighted by Gasteiger charge is 2.40. The molecule has 1 fully saturated rings. The molecule has 1 rings (SSSR count). The molecule has 0 aromatic carbocycles. The minimum Gasteiger partial charge on any atom is -0.480 e. The molecule has 0 saturated carbocycles. The van der Waals surface area contributed by atoms with Gasteiger partial charge in [0, 0.05) is 19.6 Å². The number of hydrogen-bond acceptors (Lipinski definition) is 5. The minimum atomic E-state index is -3.89. The van der Waals surface area contributed by atoms with E-state index < -0.39 is 33.5 Å². The first-order valence-corrected chi connectivity index (χ1v) is 6.43. The maximum absolute atomic E-state index is 11.2. The monoisotopic (exact) mass is 253 g/mol. The van der Waals surface area contributed by atoms with Crippen molar-refractivity contribution >= 4 is 16.0 Å². The predicted octanol–water partition coefficient (Wildman–Crippen LogP) is -1.47. The molecule has 0 amide bonds. The van der Waals surface area contributed by atoms with Gasteiger partial charge in [0.2, 0.25) is 10.0 Å². The maximum atomic E-state index is 11.2. The van der Waals surface area contributed by atoms with Crippen molar-refractivity contribution in [2.75, 3.05) is 18.9 Å². The van der Waals surface area contributed by atoms with Gasteiger partial charge in [-0.15, -0.1) is 0 Å². The lowest BCUT2D eigenvalue weighted by Gasteiger charge is -2.25. The van der Waals surface area contributed by atoms with E-state index in [4.69, 9.17) is 9.84 Å². The molecule has 94 valence electrons. The minimum absolute atomic E-state index is 0.232. The zero-order valence-electron chi connectivity index (χ0n) is 8.84. The fourth-order valence-corrected chi connectivity index (χ4v) is 2.35. The Morgan fingerprint density at radius 3 is 2.69 bits per heavy atom. The van der Waals surface area contributed by atoms with Crippen LogP contribution in [0.2, 0.25) is 0 Å². The van der Waals surface area contributed by atoms with E-state index in [1.54, 1.807) is 6.92 Å². The largest absolute Gasteiger partial charge is 0.480 e. The molecular weight excluding hydrogens is 238 g/mol. The van der Waals surface area contributed by atoms with Gasteiger partial charge in [0.15, 0.2) is 5.75 Å². The van der Waals surface area contributed by atoms with Crippen LogP contribution in [0.5, 0.6) is 0 Å². The number of carbonyl (C=O) groups is 1. The molecule has 1 aliphatic heterocycles. The van der Waals surface area contributed by atoms with Gasteiger partial charge in [-0.3, -0.25) is 4.79 Å². The van der Waals surface area contributed by atoms with Gasteiger partial charge in [-0.1, -0.05) is 0 Å². The number of rotatable bonds is 5. The Balaban J connectivity index is 2.54. The molecule has 1 aliphatic rings. The van der Waals surface area contributed by atoms with E-state index in [9.17, 15) is 18.3 Å². The van der Waals surface area contributed by atoms with E-state index in [-0.39, 0.29) is 6.54 Å². The van der Waals surface area contributed by atoms with E-state index in [0.29, 0.717) is 13.0 Å². The SMILES string of the molecule is CC1OCCC1(O)CNS(=O)(=O)CC(=O)O. The molecular formula is C8H15NO6S. The Morgan fingerprint density at radius 2 is 2.25 bits per heavy atom. The lowest BCUT2D eigenvalue weighted by Crippen LogP contribution is -2.48. The van der Waals surface area contributed by atoms with Crippen molar-refractivity contribution in [3.05, 3.63) is 0 Å². The topological polar surface area (TPSA) is 113 Å². The van der Waals surface area contributed by atoms with Gasteiger partial charge >= 0.3 is 5.97 Å². The molecule has 0 aliphatic carbocycles. The summed E-state index contributed by atoms with van der Waals surface area (Å²) in [5.41, 5.74) is -1.26. The van der Waals surface area contributed by atoms with Crippen LogP contribution in [0.25, 0.3) is 0 Å². The number of ether oxygens (including phenoxy) is 1. The van der Waals surface area contributed by atoms with Crippen molar-refractivity contribution in [1.29, 1.82) is 0 Å². The normalized spacial score (nSPS) is 30.5. The summed E-state index contributed by atoms with van der Waals surface area (Å²) in [6, 6.07) is 0. The first kappa shape index (κ1) is 13.4. The van der Waals surface area contributed by atoms with E-state index in [0.717, 1.165) is 0 Å². The summed E-state index contributed by atoms with van der Waals surface area (Å²) in [6.07, 6.45) is -0.149. The van der Waals surface area contributed by atoms with E-state index in [1.807, 2.05) is 0 Å². The summed E-state index contributed by atoms with van der Waals surface area (Å²) in [5, 5.41) is 18.3. The molecule has 16 heavy (non-hydrogen) atoms. The van der Waals surface area contributed by atoms with Crippen LogP contribution in [0.3, 0.4) is 0 Å². The van der Waals surface area contributed by atoms with Crippen LogP contribution < -0.4 is 4.72 Å². The average molecular weight is 253 g/mol. The van der Waals surface area contributed by atoms with Crippen LogP contribution in [0.15, 0.2) is 0 Å². The predicted molar refractivity (Wildman–Crippen MR) is 54.4 cm³/mol. The van der Waals surface area contributed by atoms with Crippen LogP contribution in [0.1, 0.15) is 13.3 Å². The van der Waals surface area contributed by atoms with Crippen LogP contribution in [-0.4, -0.2) is 55.2 Å². The molecule has 0 bridgehead atoms. The van der Waals surface area contributed by atoms with Crippen molar-refractivity contribution < 1.29 is 28.2 Å². The number of carboxylic acids is 1. The number of hydrogen-bond donors (Lipinski definition) is 3. The molecule has 0 aromatic heterocycles. The number of carboxylic acid groups (broad SMARTS) is 1. The van der Waals surface area contributed by atoms with Crippen molar-refractivity contribution in [2.24, 2.45) is 0 Å². The van der Waals surface area contributed by atoms with Gasteiger partial charge in [-0.2, -0.15) is 0 Å². The number of aliphatic hydroxyl groups is 1. The third kappa shape index (κ3) is 3.41. The Hall–Kier alpha value is -0.700. The first-order chi connectivity index (χ1) is 7.25. The third-order valence-electron chi connectivity index (χ3n) is 2.57. The Labute approximate surface area is 93.5 Å². The standard InChI is InChI=1S/C8H15NO6S/c1-6-8(12,2-3-15-6)5-9-16(13,14)4-7(10)11/h6,9,12H,2-5H2,1H3,(H,10,11). The van der Waals surface area contributed by atoms with E-state index in [2.05, 4.69) is 4.72 Å². The molecule has 0 radical (unpaired) electrons. The van der Waals surface area contributed by atoms with E-state index >= 15 is 0 Å². The summed E-state index contributed by atoms with van der Waals surface area (Å²) >= 11 is 0. The van der Waals surface area contributed by atoms with E-state index in [1.165, 1.54) is 0 Å². The second-order valence-electron chi connectivity index (χ2n) is 3.84. The van der Waals surface area contributed by atoms with Crippen LogP contribution in [0.4, 0.5) is 0 Å². The van der Waals surface area contributed by atoms with Crippen molar-refractivity contribution in [2.45, 2.75) is 25.0 Å². The van der Waals surface area contributed by atoms with Crippen LogP contribution in [-0.2, 0) is 19.6 Å². The second-order valence-corrected chi connectivity index (χ2v) is 5.65. The van der Waals surface area contributed by atoms with Gasteiger partial charge in [0.05, 0.1) is 6.10 Å². The number of sulfonamides is 1. The fourth-order valence-electron chi connectivity index (χ4n) is 1.45. The van der Waals surface area contributed by atoms with Crippen LogP contribution in [0, 0.1) is 0 Å². The Kier molecular flexibility index (Phi) is 3.89. The maximum Gasteiger partial charge on any atom is 0.320 e. The van der Waals surface area contributed by atoms with Gasteiger partial charge in [0.25, 0.3) is 0 Å². The summed E-state index contributed by atoms with van der Waals surface area (Å²) in [7, 11) is -3.89. The zero-order valence-corrected chi connectivity index (χ0v) is 9.66. The van der Waals surface area contributed by atoms with Crippen LogP contribution >= 0.6 is 0 Å². The van der Waals surface area contributed by atoms with Gasteiger partial charge in [-0.05, 0) is 6.92 Å². The molecule has 0 spiro atoms. The Bertz CT molecular complexity index is 367. The molecule has 2 atom stereocenters. The summed E-state index contributed by atoms with van der Waals surface area (Å²) in [6.45, 7) is 1.76. The van der Waals surface area contributed by atoms with Crippen molar-refractivity contribution in [3.8, 4) is 0 Å². The zero-order chi connectivity index (χ0) is 12.4. The number of nitrogens with one attached hydrogen (secondary N) is 1. The molecule has 0 aromatic rings. The molecule has 3 N–H and O–H groups in total. The second kappa shape index (κ2) is 4.66. The fraction of sp³-hybridized carbons (Fsp3) is 0.875. The molecule has 8 heteroatoms. The Morgan fingerprint density at radius 1 is 1.62 bits per heavy atom. The van der Waals surface area contributed by atoms with Gasteiger partial charge in [-0.25, -0.2) is 13.1 Å². The van der Waals surface area contributed by atoms with Gasteiger partial charge in [0.1, 0.15) is 5.60 Å². The quantitative estimate of drug-likeness (QED) is 0.551. The molecule has 2 unspecified atom stereocenters. The third-order valence-corrected chi connectivity index (χ3v) is 3.78.